The topological polar surface area (TPSA) is 26.0 Å². The van der Waals surface area contributed by atoms with E-state index < -0.39 is 0 Å². The molecule has 1 nitrogen and oxygen atoms in total. The van der Waals surface area contributed by atoms with Crippen LogP contribution in [0.15, 0.2) is 5.70 Å². The van der Waals surface area contributed by atoms with Crippen LogP contribution in [0.3, 0.4) is 0 Å². The van der Waals surface area contributed by atoms with E-state index in [1.807, 2.05) is 0 Å². The summed E-state index contributed by atoms with van der Waals surface area (Å²) in [5.41, 5.74) is 6.29. The molecule has 0 fully saturated rings. The first-order valence-corrected chi connectivity index (χ1v) is 2.25. The van der Waals surface area contributed by atoms with Gasteiger partial charge in [0.25, 0.3) is 5.70 Å². The van der Waals surface area contributed by atoms with Crippen molar-refractivity contribution in [2.45, 2.75) is 19.3 Å². The highest BCUT2D eigenvalue weighted by Gasteiger charge is 2.12. The second kappa shape index (κ2) is 1.27. The standard InChI is InChI=1S/C5H8N/c6-5-3-1-2-4-5/h1-3,6H2/q+1. The van der Waals surface area contributed by atoms with E-state index in [-0.39, 0.29) is 0 Å². The van der Waals surface area contributed by atoms with Crippen molar-refractivity contribution in [1.82, 2.24) is 0 Å². The molecule has 0 aromatic carbocycles. The quantitative estimate of drug-likeness (QED) is 0.430. The van der Waals surface area contributed by atoms with E-state index in [4.69, 9.17) is 5.73 Å². The van der Waals surface area contributed by atoms with Crippen LogP contribution in [0, 0.1) is 6.08 Å². The zero-order chi connectivity index (χ0) is 4.41. The van der Waals surface area contributed by atoms with Gasteiger partial charge >= 0.3 is 0 Å². The summed E-state index contributed by atoms with van der Waals surface area (Å²) in [4.78, 5) is 0. The molecule has 0 saturated heterocycles. The van der Waals surface area contributed by atoms with Gasteiger partial charge in [0, 0.05) is 12.8 Å². The van der Waals surface area contributed by atoms with Crippen molar-refractivity contribution in [3.8, 4) is 0 Å². The molecule has 0 atom stereocenters. The maximum atomic E-state index is 5.34. The Kier molecular flexibility index (Phi) is 0.771. The summed E-state index contributed by atoms with van der Waals surface area (Å²) in [6.45, 7) is 0. The Morgan fingerprint density at radius 1 is 1.67 bits per heavy atom. The molecule has 32 valence electrons. The first-order chi connectivity index (χ1) is 2.89. The van der Waals surface area contributed by atoms with Crippen LogP contribution >= 0.6 is 0 Å². The zero-order valence-electron chi connectivity index (χ0n) is 3.70. The molecule has 0 unspecified atom stereocenters. The third-order valence-electron chi connectivity index (χ3n) is 0.975. The minimum atomic E-state index is 0.954. The van der Waals surface area contributed by atoms with E-state index >= 15 is 0 Å². The van der Waals surface area contributed by atoms with Crippen molar-refractivity contribution in [2.75, 3.05) is 0 Å². The molecule has 6 heavy (non-hydrogen) atoms. The molecule has 0 aliphatic heterocycles. The van der Waals surface area contributed by atoms with Crippen LogP contribution in [0.25, 0.3) is 0 Å². The van der Waals surface area contributed by atoms with Gasteiger partial charge in [-0.05, 0) is 0 Å². The average Bonchev–Trinajstić information content (AvgIpc) is 1.86. The Labute approximate surface area is 37.8 Å². The molecule has 1 aliphatic carbocycles. The highest BCUT2D eigenvalue weighted by Crippen LogP contribution is 2.09. The summed E-state index contributed by atoms with van der Waals surface area (Å²) < 4.78 is 0. The van der Waals surface area contributed by atoms with Crippen LogP contribution in [0.1, 0.15) is 19.3 Å². The van der Waals surface area contributed by atoms with Crippen LogP contribution in [0.5, 0.6) is 0 Å². The lowest BCUT2D eigenvalue weighted by Crippen LogP contribution is -1.89. The van der Waals surface area contributed by atoms with Crippen molar-refractivity contribution in [3.05, 3.63) is 11.8 Å². The Bertz CT molecular complexity index is 74.0. The lowest BCUT2D eigenvalue weighted by Gasteiger charge is -1.69. The number of hydrogen-bond donors (Lipinski definition) is 1. The molecule has 0 aromatic rings. The predicted octanol–water partition coefficient (Wildman–Crippen LogP) is 0.816. The Balaban J connectivity index is 2.45. The molecule has 0 heterocycles. The first-order valence-electron chi connectivity index (χ1n) is 2.25. The van der Waals surface area contributed by atoms with Crippen LogP contribution < -0.4 is 5.73 Å². The molecule has 0 radical (unpaired) electrons. The largest absolute Gasteiger partial charge is 0.359 e. The minimum Gasteiger partial charge on any atom is -0.359 e. The SMILES string of the molecule is NC1=[C+]CCC1. The molecule has 1 rings (SSSR count). The summed E-state index contributed by atoms with van der Waals surface area (Å²) in [7, 11) is 0. The number of rotatable bonds is 0. The van der Waals surface area contributed by atoms with Crippen molar-refractivity contribution < 1.29 is 0 Å². The second-order valence-electron chi connectivity index (χ2n) is 1.56. The Morgan fingerprint density at radius 3 is 2.67 bits per heavy atom. The van der Waals surface area contributed by atoms with E-state index in [2.05, 4.69) is 6.08 Å². The van der Waals surface area contributed by atoms with E-state index in [0.717, 1.165) is 18.5 Å². The lowest BCUT2D eigenvalue weighted by molar-refractivity contribution is 0.896. The second-order valence-corrected chi connectivity index (χ2v) is 1.56. The third-order valence-corrected chi connectivity index (χ3v) is 0.975. The van der Waals surface area contributed by atoms with Gasteiger partial charge in [-0.15, -0.1) is 0 Å². The molecular weight excluding hydrogens is 74.1 g/mol. The summed E-state index contributed by atoms with van der Waals surface area (Å²) in [6.07, 6.45) is 6.37. The van der Waals surface area contributed by atoms with Crippen LogP contribution in [-0.4, -0.2) is 0 Å². The Morgan fingerprint density at radius 2 is 2.50 bits per heavy atom. The molecule has 1 heteroatoms. The van der Waals surface area contributed by atoms with Crippen LogP contribution in [-0.2, 0) is 0 Å². The van der Waals surface area contributed by atoms with Gasteiger partial charge in [0.05, 0.1) is 0 Å². The van der Waals surface area contributed by atoms with Crippen molar-refractivity contribution >= 4 is 0 Å². The molecule has 1 aliphatic rings. The fourth-order valence-corrected chi connectivity index (χ4v) is 0.616. The van der Waals surface area contributed by atoms with Gasteiger partial charge in [0.15, 0.2) is 6.42 Å². The summed E-state index contributed by atoms with van der Waals surface area (Å²) in [5, 5.41) is 0. The maximum absolute atomic E-state index is 5.34. The first kappa shape index (κ1) is 3.63. The van der Waals surface area contributed by atoms with E-state index in [9.17, 15) is 0 Å². The van der Waals surface area contributed by atoms with Gasteiger partial charge < -0.3 is 5.73 Å². The average molecular weight is 82.1 g/mol. The predicted molar refractivity (Wildman–Crippen MR) is 24.8 cm³/mol. The van der Waals surface area contributed by atoms with Crippen molar-refractivity contribution in [3.63, 3.8) is 0 Å². The molecule has 0 amide bonds. The van der Waals surface area contributed by atoms with Gasteiger partial charge in [0.2, 0.25) is 6.08 Å². The van der Waals surface area contributed by atoms with Gasteiger partial charge in [0.1, 0.15) is 0 Å². The Hall–Kier alpha value is -0.550. The number of nitrogens with two attached hydrogens (primary N) is 1. The number of hydrogen-bond acceptors (Lipinski definition) is 1. The molecule has 2 N–H and O–H groups in total. The van der Waals surface area contributed by atoms with Crippen LogP contribution in [0.2, 0.25) is 0 Å². The fraction of sp³-hybridized carbons (Fsp3) is 0.600. The van der Waals surface area contributed by atoms with Gasteiger partial charge in [-0.2, -0.15) is 0 Å². The monoisotopic (exact) mass is 82.1 g/mol. The maximum Gasteiger partial charge on any atom is 0.251 e. The summed E-state index contributed by atoms with van der Waals surface area (Å²) in [6, 6.07) is 0. The summed E-state index contributed by atoms with van der Waals surface area (Å²) in [5.74, 6) is 0. The lowest BCUT2D eigenvalue weighted by atomic mass is 10.3. The van der Waals surface area contributed by atoms with E-state index in [0.29, 0.717) is 0 Å². The highest BCUT2D eigenvalue weighted by molar-refractivity contribution is 4.95. The van der Waals surface area contributed by atoms with Crippen molar-refractivity contribution in [2.24, 2.45) is 5.73 Å². The van der Waals surface area contributed by atoms with Gasteiger partial charge in [-0.1, -0.05) is 0 Å². The highest BCUT2D eigenvalue weighted by atomic mass is 14.6. The third kappa shape index (κ3) is 0.498. The van der Waals surface area contributed by atoms with Crippen molar-refractivity contribution in [1.29, 1.82) is 0 Å². The normalized spacial score (nSPS) is 19.7. The molecule has 0 spiro atoms. The zero-order valence-corrected chi connectivity index (χ0v) is 3.70. The molecule has 0 bridgehead atoms. The molecular formula is C5H8N+. The smallest absolute Gasteiger partial charge is 0.251 e. The van der Waals surface area contributed by atoms with Gasteiger partial charge in [-0.25, -0.2) is 0 Å². The fourth-order valence-electron chi connectivity index (χ4n) is 0.616. The number of allylic oxidation sites excluding steroid dienone is 2. The minimum absolute atomic E-state index is 0.954. The molecule has 0 aromatic heterocycles. The summed E-state index contributed by atoms with van der Waals surface area (Å²) >= 11 is 0. The van der Waals surface area contributed by atoms with Gasteiger partial charge in [-0.3, -0.25) is 0 Å². The molecule has 0 saturated carbocycles. The van der Waals surface area contributed by atoms with Crippen LogP contribution in [0.4, 0.5) is 0 Å². The van der Waals surface area contributed by atoms with E-state index in [1.54, 1.807) is 0 Å². The van der Waals surface area contributed by atoms with E-state index in [1.165, 1.54) is 6.42 Å².